The summed E-state index contributed by atoms with van der Waals surface area (Å²) in [7, 11) is 0. The lowest BCUT2D eigenvalue weighted by Gasteiger charge is -2.10. The van der Waals surface area contributed by atoms with Crippen LogP contribution in [-0.4, -0.2) is 24.2 Å². The van der Waals surface area contributed by atoms with E-state index in [0.29, 0.717) is 18.0 Å². The first-order valence-electron chi connectivity index (χ1n) is 7.49. The topological polar surface area (TPSA) is 63.2 Å². The highest BCUT2D eigenvalue weighted by molar-refractivity contribution is 5.99. The summed E-state index contributed by atoms with van der Waals surface area (Å²) in [4.78, 5) is 16.2. The number of amides is 2. The first kappa shape index (κ1) is 15.7. The molecule has 122 valence electrons. The average molecular weight is 325 g/mol. The maximum absolute atomic E-state index is 13.0. The van der Waals surface area contributed by atoms with Crippen LogP contribution in [0.25, 0.3) is 10.9 Å². The number of hydrogen-bond donors (Lipinski definition) is 2. The molecule has 0 atom stereocenters. The van der Waals surface area contributed by atoms with Crippen molar-refractivity contribution >= 4 is 22.6 Å². The molecule has 1 heterocycles. The summed E-state index contributed by atoms with van der Waals surface area (Å²) in [6.45, 7) is 0.533. The van der Waals surface area contributed by atoms with Crippen LogP contribution in [-0.2, 0) is 0 Å². The van der Waals surface area contributed by atoms with Gasteiger partial charge in [-0.15, -0.1) is 0 Å². The molecule has 0 bridgehead atoms. The molecule has 0 aliphatic carbocycles. The number of fused-ring (bicyclic) bond motifs is 1. The maximum Gasteiger partial charge on any atom is 0.319 e. The molecule has 24 heavy (non-hydrogen) atoms. The number of pyridine rings is 1. The first-order valence-corrected chi connectivity index (χ1v) is 7.49. The lowest BCUT2D eigenvalue weighted by Crippen LogP contribution is -2.32. The molecule has 3 rings (SSSR count). The van der Waals surface area contributed by atoms with Crippen LogP contribution in [0.15, 0.2) is 60.8 Å². The van der Waals surface area contributed by atoms with E-state index in [1.165, 1.54) is 12.1 Å². The lowest BCUT2D eigenvalue weighted by molar-refractivity contribution is 0.247. The Morgan fingerprint density at radius 2 is 1.96 bits per heavy atom. The van der Waals surface area contributed by atoms with Crippen molar-refractivity contribution in [2.75, 3.05) is 18.5 Å². The third-order valence-corrected chi connectivity index (χ3v) is 3.33. The van der Waals surface area contributed by atoms with Crippen molar-refractivity contribution in [2.45, 2.75) is 0 Å². The van der Waals surface area contributed by atoms with Gasteiger partial charge in [0.1, 0.15) is 18.2 Å². The Morgan fingerprint density at radius 1 is 1.12 bits per heavy atom. The van der Waals surface area contributed by atoms with Crippen LogP contribution < -0.4 is 15.4 Å². The van der Waals surface area contributed by atoms with Crippen molar-refractivity contribution < 1.29 is 13.9 Å². The van der Waals surface area contributed by atoms with Crippen molar-refractivity contribution in [3.05, 3.63) is 66.6 Å². The van der Waals surface area contributed by atoms with Crippen molar-refractivity contribution in [3.8, 4) is 5.75 Å². The smallest absolute Gasteiger partial charge is 0.319 e. The monoisotopic (exact) mass is 325 g/mol. The highest BCUT2D eigenvalue weighted by Crippen LogP contribution is 2.20. The summed E-state index contributed by atoms with van der Waals surface area (Å²) < 4.78 is 18.4. The third-order valence-electron chi connectivity index (χ3n) is 3.33. The molecule has 5 nitrogen and oxygen atoms in total. The SMILES string of the molecule is O=C(NCCOc1cccc(F)c1)Nc1cccc2cccnc12. The number of rotatable bonds is 5. The van der Waals surface area contributed by atoms with E-state index >= 15 is 0 Å². The number of urea groups is 1. The van der Waals surface area contributed by atoms with E-state index in [2.05, 4.69) is 15.6 Å². The van der Waals surface area contributed by atoms with Crippen LogP contribution >= 0.6 is 0 Å². The van der Waals surface area contributed by atoms with E-state index in [1.54, 1.807) is 24.4 Å². The predicted octanol–water partition coefficient (Wildman–Crippen LogP) is 3.57. The van der Waals surface area contributed by atoms with E-state index in [4.69, 9.17) is 4.74 Å². The molecule has 0 aliphatic heterocycles. The third kappa shape index (κ3) is 3.98. The zero-order chi connectivity index (χ0) is 16.8. The maximum atomic E-state index is 13.0. The fourth-order valence-electron chi connectivity index (χ4n) is 2.26. The fraction of sp³-hybridized carbons (Fsp3) is 0.111. The van der Waals surface area contributed by atoms with Crippen molar-refractivity contribution in [1.29, 1.82) is 0 Å². The van der Waals surface area contributed by atoms with Crippen molar-refractivity contribution in [3.63, 3.8) is 0 Å². The second kappa shape index (κ2) is 7.41. The molecule has 2 amide bonds. The van der Waals surface area contributed by atoms with E-state index in [-0.39, 0.29) is 18.5 Å². The summed E-state index contributed by atoms with van der Waals surface area (Å²) in [5.74, 6) is 0.0668. The molecule has 0 aliphatic rings. The number of aromatic nitrogens is 1. The van der Waals surface area contributed by atoms with Crippen LogP contribution in [0.1, 0.15) is 0 Å². The van der Waals surface area contributed by atoms with Crippen LogP contribution in [0.5, 0.6) is 5.75 Å². The first-order chi connectivity index (χ1) is 11.7. The largest absolute Gasteiger partial charge is 0.492 e. The van der Waals surface area contributed by atoms with Gasteiger partial charge < -0.3 is 15.4 Å². The van der Waals surface area contributed by atoms with Crippen LogP contribution in [0.4, 0.5) is 14.9 Å². The molecule has 0 saturated heterocycles. The molecule has 1 aromatic heterocycles. The molecule has 6 heteroatoms. The minimum absolute atomic E-state index is 0.241. The molecular weight excluding hydrogens is 309 g/mol. The van der Waals surface area contributed by atoms with E-state index in [1.807, 2.05) is 24.3 Å². The summed E-state index contributed by atoms with van der Waals surface area (Å²) in [6.07, 6.45) is 1.68. The summed E-state index contributed by atoms with van der Waals surface area (Å²) in [5, 5.41) is 6.40. The number of nitrogens with zero attached hydrogens (tertiary/aromatic N) is 1. The van der Waals surface area contributed by atoms with Gasteiger partial charge in [-0.1, -0.05) is 24.3 Å². The van der Waals surface area contributed by atoms with Crippen LogP contribution in [0.2, 0.25) is 0 Å². The molecule has 2 aromatic carbocycles. The molecule has 2 N–H and O–H groups in total. The number of para-hydroxylation sites is 1. The molecule has 0 unspecified atom stereocenters. The van der Waals surface area contributed by atoms with Crippen molar-refractivity contribution in [2.24, 2.45) is 0 Å². The molecule has 0 saturated carbocycles. The van der Waals surface area contributed by atoms with Gasteiger partial charge in [0, 0.05) is 17.6 Å². The number of benzene rings is 2. The molecular formula is C18H16FN3O2. The number of halogens is 1. The van der Waals surface area contributed by atoms with Gasteiger partial charge in [-0.3, -0.25) is 4.98 Å². The van der Waals surface area contributed by atoms with Crippen LogP contribution in [0, 0.1) is 5.82 Å². The number of anilines is 1. The zero-order valence-electron chi connectivity index (χ0n) is 12.8. The Labute approximate surface area is 138 Å². The Kier molecular flexibility index (Phi) is 4.86. The van der Waals surface area contributed by atoms with Gasteiger partial charge in [0.15, 0.2) is 0 Å². The Morgan fingerprint density at radius 3 is 2.83 bits per heavy atom. The minimum atomic E-state index is -0.360. The quantitative estimate of drug-likeness (QED) is 0.705. The molecule has 0 radical (unpaired) electrons. The molecule has 0 spiro atoms. The van der Waals surface area contributed by atoms with Gasteiger partial charge >= 0.3 is 6.03 Å². The second-order valence-electron chi connectivity index (χ2n) is 5.07. The fourth-order valence-corrected chi connectivity index (χ4v) is 2.26. The molecule has 0 fully saturated rings. The standard InChI is InChI=1S/C18H16FN3O2/c19-14-6-2-7-15(12-14)24-11-10-21-18(23)22-16-8-1-4-13-5-3-9-20-17(13)16/h1-9,12H,10-11H2,(H2,21,22,23). The Balaban J connectivity index is 1.50. The minimum Gasteiger partial charge on any atom is -0.492 e. The highest BCUT2D eigenvalue weighted by atomic mass is 19.1. The summed E-state index contributed by atoms with van der Waals surface area (Å²) in [5.41, 5.74) is 1.36. The number of nitrogens with one attached hydrogen (secondary N) is 2. The van der Waals surface area contributed by atoms with E-state index in [9.17, 15) is 9.18 Å². The summed E-state index contributed by atoms with van der Waals surface area (Å²) in [6, 6.07) is 14.9. The highest BCUT2D eigenvalue weighted by Gasteiger charge is 2.06. The van der Waals surface area contributed by atoms with Gasteiger partial charge in [0.25, 0.3) is 0 Å². The van der Waals surface area contributed by atoms with Gasteiger partial charge in [0.2, 0.25) is 0 Å². The van der Waals surface area contributed by atoms with Crippen molar-refractivity contribution in [1.82, 2.24) is 10.3 Å². The predicted molar refractivity (Wildman–Crippen MR) is 90.7 cm³/mol. The van der Waals surface area contributed by atoms with E-state index < -0.39 is 0 Å². The Hall–Kier alpha value is -3.15. The number of ether oxygens (including phenoxy) is 1. The number of carbonyl (C=O) groups excluding carboxylic acids is 1. The lowest BCUT2D eigenvalue weighted by atomic mass is 10.2. The van der Waals surface area contributed by atoms with Gasteiger partial charge in [0.05, 0.1) is 17.7 Å². The normalized spacial score (nSPS) is 10.4. The zero-order valence-corrected chi connectivity index (χ0v) is 12.8. The van der Waals surface area contributed by atoms with Gasteiger partial charge in [-0.05, 0) is 24.3 Å². The second-order valence-corrected chi connectivity index (χ2v) is 5.07. The van der Waals surface area contributed by atoms with Gasteiger partial charge in [-0.2, -0.15) is 0 Å². The van der Waals surface area contributed by atoms with Gasteiger partial charge in [-0.25, -0.2) is 9.18 Å². The molecule has 3 aromatic rings. The number of carbonyl (C=O) groups is 1. The number of hydrogen-bond acceptors (Lipinski definition) is 3. The Bertz CT molecular complexity index is 849. The van der Waals surface area contributed by atoms with E-state index in [0.717, 1.165) is 10.9 Å². The van der Waals surface area contributed by atoms with Crippen LogP contribution in [0.3, 0.4) is 0 Å². The summed E-state index contributed by atoms with van der Waals surface area (Å²) >= 11 is 0. The average Bonchev–Trinajstić information content (AvgIpc) is 2.59.